The molecule has 0 radical (unpaired) electrons. The first-order chi connectivity index (χ1) is 7.74. The van der Waals surface area contributed by atoms with Gasteiger partial charge in [0, 0.05) is 12.0 Å². The molecule has 2 N–H and O–H groups in total. The van der Waals surface area contributed by atoms with E-state index in [0.717, 1.165) is 0 Å². The van der Waals surface area contributed by atoms with Crippen LogP contribution < -0.4 is 10.9 Å². The van der Waals surface area contributed by atoms with E-state index in [4.69, 9.17) is 0 Å². The standard InChI is InChI=1S/C12H14N2O2/c1-2-3-9-11(15)13-14-12(16)10-7-5-4-6-8-10/h2-8H,9H2,1H3,(H,13,15)(H,14,16)/b3-2-. The maximum absolute atomic E-state index is 11.5. The van der Waals surface area contributed by atoms with Gasteiger partial charge in [0.25, 0.3) is 5.91 Å². The average Bonchev–Trinajstić information content (AvgIpc) is 2.34. The lowest BCUT2D eigenvalue weighted by Gasteiger charge is -2.05. The van der Waals surface area contributed by atoms with Gasteiger partial charge < -0.3 is 0 Å². The van der Waals surface area contributed by atoms with E-state index in [1.54, 1.807) is 36.4 Å². The van der Waals surface area contributed by atoms with E-state index in [0.29, 0.717) is 5.56 Å². The summed E-state index contributed by atoms with van der Waals surface area (Å²) in [6.07, 6.45) is 3.74. The van der Waals surface area contributed by atoms with Crippen LogP contribution in [0.15, 0.2) is 42.5 Å². The maximum Gasteiger partial charge on any atom is 0.269 e. The average molecular weight is 218 g/mol. The SMILES string of the molecule is C/C=C\CC(=O)NNC(=O)c1ccccc1. The van der Waals surface area contributed by atoms with Crippen LogP contribution in [0.3, 0.4) is 0 Å². The number of hydrazine groups is 1. The minimum atomic E-state index is -0.325. The molecule has 0 fully saturated rings. The molecule has 0 spiro atoms. The third-order valence-electron chi connectivity index (χ3n) is 1.89. The molecule has 0 aliphatic heterocycles. The molecule has 0 aromatic heterocycles. The van der Waals surface area contributed by atoms with Gasteiger partial charge in [-0.15, -0.1) is 0 Å². The molecule has 0 saturated heterocycles. The number of amides is 2. The van der Waals surface area contributed by atoms with E-state index in [1.165, 1.54) is 0 Å². The largest absolute Gasteiger partial charge is 0.273 e. The minimum absolute atomic E-state index is 0.248. The van der Waals surface area contributed by atoms with Crippen molar-refractivity contribution in [1.29, 1.82) is 0 Å². The molecule has 0 aliphatic carbocycles. The number of carbonyl (C=O) groups is 2. The Morgan fingerprint density at radius 3 is 2.50 bits per heavy atom. The second-order valence-electron chi connectivity index (χ2n) is 3.14. The lowest BCUT2D eigenvalue weighted by molar-refractivity contribution is -0.121. The molecule has 0 aliphatic rings. The van der Waals surface area contributed by atoms with Crippen molar-refractivity contribution >= 4 is 11.8 Å². The summed E-state index contributed by atoms with van der Waals surface area (Å²) in [6.45, 7) is 1.83. The summed E-state index contributed by atoms with van der Waals surface area (Å²) < 4.78 is 0. The fraction of sp³-hybridized carbons (Fsp3) is 0.167. The second kappa shape index (κ2) is 6.40. The zero-order chi connectivity index (χ0) is 11.8. The molecule has 0 heterocycles. The van der Waals surface area contributed by atoms with E-state index in [9.17, 15) is 9.59 Å². The third-order valence-corrected chi connectivity index (χ3v) is 1.89. The van der Waals surface area contributed by atoms with Gasteiger partial charge in [0.15, 0.2) is 0 Å². The fourth-order valence-corrected chi connectivity index (χ4v) is 1.06. The molecular weight excluding hydrogens is 204 g/mol. The molecule has 0 unspecified atom stereocenters. The maximum atomic E-state index is 11.5. The van der Waals surface area contributed by atoms with Crippen molar-refractivity contribution in [1.82, 2.24) is 10.9 Å². The summed E-state index contributed by atoms with van der Waals surface area (Å²) in [5.41, 5.74) is 5.17. The highest BCUT2D eigenvalue weighted by atomic mass is 16.2. The Labute approximate surface area is 94.3 Å². The van der Waals surface area contributed by atoms with Gasteiger partial charge in [-0.1, -0.05) is 30.4 Å². The summed E-state index contributed by atoms with van der Waals surface area (Å²) in [6, 6.07) is 8.69. The molecule has 4 nitrogen and oxygen atoms in total. The predicted octanol–water partition coefficient (Wildman–Crippen LogP) is 1.41. The molecule has 1 rings (SSSR count). The molecule has 4 heteroatoms. The molecule has 0 bridgehead atoms. The summed E-state index contributed by atoms with van der Waals surface area (Å²) in [5.74, 6) is -0.572. The van der Waals surface area contributed by atoms with Crippen LogP contribution in [-0.4, -0.2) is 11.8 Å². The second-order valence-corrected chi connectivity index (χ2v) is 3.14. The molecular formula is C12H14N2O2. The Bertz CT molecular complexity index is 385. The van der Waals surface area contributed by atoms with Crippen LogP contribution in [0.2, 0.25) is 0 Å². The van der Waals surface area contributed by atoms with E-state index >= 15 is 0 Å². The van der Waals surface area contributed by atoms with Gasteiger partial charge in [-0.05, 0) is 19.1 Å². The highest BCUT2D eigenvalue weighted by Crippen LogP contribution is 1.96. The van der Waals surface area contributed by atoms with Gasteiger partial charge in [0.1, 0.15) is 0 Å². The highest BCUT2D eigenvalue weighted by molar-refractivity contribution is 5.95. The van der Waals surface area contributed by atoms with Crippen LogP contribution in [0.1, 0.15) is 23.7 Å². The Morgan fingerprint density at radius 2 is 1.88 bits per heavy atom. The van der Waals surface area contributed by atoms with Crippen LogP contribution >= 0.6 is 0 Å². The molecule has 1 aromatic rings. The number of rotatable bonds is 3. The summed E-state index contributed by atoms with van der Waals surface area (Å²) in [4.78, 5) is 22.6. The Balaban J connectivity index is 2.39. The van der Waals surface area contributed by atoms with Gasteiger partial charge >= 0.3 is 0 Å². The van der Waals surface area contributed by atoms with Crippen LogP contribution in [0.25, 0.3) is 0 Å². The van der Waals surface area contributed by atoms with E-state index in [-0.39, 0.29) is 18.2 Å². The Hall–Kier alpha value is -2.10. The fourth-order valence-electron chi connectivity index (χ4n) is 1.06. The van der Waals surface area contributed by atoms with Gasteiger partial charge in [0.2, 0.25) is 5.91 Å². The minimum Gasteiger partial charge on any atom is -0.273 e. The molecule has 1 aromatic carbocycles. The first kappa shape index (κ1) is 12.0. The zero-order valence-electron chi connectivity index (χ0n) is 9.07. The summed E-state index contributed by atoms with van der Waals surface area (Å²) in [7, 11) is 0. The van der Waals surface area contributed by atoms with Crippen molar-refractivity contribution < 1.29 is 9.59 Å². The molecule has 84 valence electrons. The number of hydrogen-bond donors (Lipinski definition) is 2. The quantitative estimate of drug-likeness (QED) is 0.595. The van der Waals surface area contributed by atoms with Crippen LogP contribution in [0.4, 0.5) is 0 Å². The lowest BCUT2D eigenvalue weighted by Crippen LogP contribution is -2.41. The predicted molar refractivity (Wildman–Crippen MR) is 61.5 cm³/mol. The molecule has 16 heavy (non-hydrogen) atoms. The van der Waals surface area contributed by atoms with Gasteiger partial charge in [-0.25, -0.2) is 0 Å². The van der Waals surface area contributed by atoms with Crippen molar-refractivity contribution in [2.45, 2.75) is 13.3 Å². The topological polar surface area (TPSA) is 58.2 Å². The van der Waals surface area contributed by atoms with Gasteiger partial charge in [-0.2, -0.15) is 0 Å². The molecule has 0 atom stereocenters. The third kappa shape index (κ3) is 3.96. The molecule has 2 amide bonds. The van der Waals surface area contributed by atoms with Gasteiger partial charge in [0.05, 0.1) is 0 Å². The normalized spacial score (nSPS) is 10.1. The van der Waals surface area contributed by atoms with E-state index in [1.807, 2.05) is 13.0 Å². The van der Waals surface area contributed by atoms with Crippen molar-refractivity contribution in [3.8, 4) is 0 Å². The van der Waals surface area contributed by atoms with Crippen LogP contribution in [0, 0.1) is 0 Å². The van der Waals surface area contributed by atoms with E-state index < -0.39 is 0 Å². The number of hydrogen-bond acceptors (Lipinski definition) is 2. The highest BCUT2D eigenvalue weighted by Gasteiger charge is 2.04. The number of benzene rings is 1. The van der Waals surface area contributed by atoms with Crippen LogP contribution in [-0.2, 0) is 4.79 Å². The first-order valence-electron chi connectivity index (χ1n) is 4.99. The first-order valence-corrected chi connectivity index (χ1v) is 4.99. The van der Waals surface area contributed by atoms with Crippen molar-refractivity contribution in [2.75, 3.05) is 0 Å². The van der Waals surface area contributed by atoms with Crippen LogP contribution in [0.5, 0.6) is 0 Å². The Morgan fingerprint density at radius 1 is 1.19 bits per heavy atom. The summed E-state index contributed by atoms with van der Waals surface area (Å²) in [5, 5.41) is 0. The lowest BCUT2D eigenvalue weighted by atomic mass is 10.2. The summed E-state index contributed by atoms with van der Waals surface area (Å²) >= 11 is 0. The Kier molecular flexibility index (Phi) is 4.79. The van der Waals surface area contributed by atoms with Gasteiger partial charge in [-0.3, -0.25) is 20.4 Å². The smallest absolute Gasteiger partial charge is 0.269 e. The molecule has 0 saturated carbocycles. The zero-order valence-corrected chi connectivity index (χ0v) is 9.07. The van der Waals surface area contributed by atoms with Crippen molar-refractivity contribution in [3.05, 3.63) is 48.0 Å². The number of nitrogens with one attached hydrogen (secondary N) is 2. The number of carbonyl (C=O) groups excluding carboxylic acids is 2. The number of allylic oxidation sites excluding steroid dienone is 1. The monoisotopic (exact) mass is 218 g/mol. The van der Waals surface area contributed by atoms with Crippen molar-refractivity contribution in [2.24, 2.45) is 0 Å². The van der Waals surface area contributed by atoms with E-state index in [2.05, 4.69) is 10.9 Å². The van der Waals surface area contributed by atoms with Crippen molar-refractivity contribution in [3.63, 3.8) is 0 Å².